The maximum Gasteiger partial charge on any atom is 0.254 e. The monoisotopic (exact) mass is 234 g/mol. The molecule has 0 spiro atoms. The van der Waals surface area contributed by atoms with Crippen molar-refractivity contribution in [2.45, 2.75) is 13.3 Å². The number of rotatable bonds is 1. The summed E-state index contributed by atoms with van der Waals surface area (Å²) in [5, 5.41) is 0. The minimum absolute atomic E-state index is 0.0558. The van der Waals surface area contributed by atoms with Crippen molar-refractivity contribution in [3.8, 4) is 0 Å². The maximum absolute atomic E-state index is 12.3. The highest BCUT2D eigenvalue weighted by atomic mass is 16.5. The van der Waals surface area contributed by atoms with Gasteiger partial charge in [0.25, 0.3) is 5.91 Å². The zero-order chi connectivity index (χ0) is 12.3. The van der Waals surface area contributed by atoms with E-state index in [2.05, 4.69) is 0 Å². The molecule has 2 rings (SSSR count). The van der Waals surface area contributed by atoms with Gasteiger partial charge in [0.05, 0.1) is 6.61 Å². The first kappa shape index (κ1) is 11.9. The van der Waals surface area contributed by atoms with Gasteiger partial charge in [-0.05, 0) is 31.0 Å². The average molecular weight is 234 g/mol. The van der Waals surface area contributed by atoms with E-state index >= 15 is 0 Å². The predicted octanol–water partition coefficient (Wildman–Crippen LogP) is 1.44. The van der Waals surface area contributed by atoms with Crippen LogP contribution in [0.1, 0.15) is 22.3 Å². The van der Waals surface area contributed by atoms with Crippen LogP contribution < -0.4 is 5.73 Å². The Morgan fingerprint density at radius 3 is 3.00 bits per heavy atom. The van der Waals surface area contributed by atoms with Crippen LogP contribution in [0.2, 0.25) is 0 Å². The number of nitrogen functional groups attached to an aromatic ring is 1. The SMILES string of the molecule is Cc1ccc(N)cc1C(=O)N1CCCOCC1. The van der Waals surface area contributed by atoms with E-state index in [9.17, 15) is 4.79 Å². The maximum atomic E-state index is 12.3. The molecule has 0 aromatic heterocycles. The highest BCUT2D eigenvalue weighted by molar-refractivity contribution is 5.96. The lowest BCUT2D eigenvalue weighted by molar-refractivity contribution is 0.0740. The Hall–Kier alpha value is -1.55. The molecule has 0 aliphatic carbocycles. The van der Waals surface area contributed by atoms with Crippen LogP contribution in [0.4, 0.5) is 5.69 Å². The van der Waals surface area contributed by atoms with Crippen molar-refractivity contribution in [3.63, 3.8) is 0 Å². The summed E-state index contributed by atoms with van der Waals surface area (Å²) in [6.07, 6.45) is 0.896. The third-order valence-electron chi connectivity index (χ3n) is 3.00. The van der Waals surface area contributed by atoms with E-state index in [1.165, 1.54) is 0 Å². The van der Waals surface area contributed by atoms with Crippen LogP contribution in [0.15, 0.2) is 18.2 Å². The lowest BCUT2D eigenvalue weighted by Gasteiger charge is -2.20. The molecule has 4 nitrogen and oxygen atoms in total. The molecule has 0 unspecified atom stereocenters. The Labute approximate surface area is 101 Å². The molecule has 17 heavy (non-hydrogen) atoms. The molecular weight excluding hydrogens is 216 g/mol. The number of anilines is 1. The molecule has 1 saturated heterocycles. The van der Waals surface area contributed by atoms with Crippen LogP contribution in [0.5, 0.6) is 0 Å². The Morgan fingerprint density at radius 1 is 1.35 bits per heavy atom. The van der Waals surface area contributed by atoms with Crippen molar-refractivity contribution in [2.75, 3.05) is 32.0 Å². The fraction of sp³-hybridized carbons (Fsp3) is 0.462. The van der Waals surface area contributed by atoms with Gasteiger partial charge in [-0.15, -0.1) is 0 Å². The molecule has 92 valence electrons. The molecular formula is C13H18N2O2. The molecule has 0 saturated carbocycles. The van der Waals surface area contributed by atoms with Gasteiger partial charge in [0.15, 0.2) is 0 Å². The quantitative estimate of drug-likeness (QED) is 0.748. The standard InChI is InChI=1S/C13H18N2O2/c1-10-3-4-11(14)9-12(10)13(16)15-5-2-7-17-8-6-15/h3-4,9H,2,5-8,14H2,1H3. The van der Waals surface area contributed by atoms with E-state index in [0.29, 0.717) is 24.4 Å². The van der Waals surface area contributed by atoms with Crippen LogP contribution in [-0.2, 0) is 4.74 Å². The van der Waals surface area contributed by atoms with Crippen molar-refractivity contribution in [1.82, 2.24) is 4.90 Å². The summed E-state index contributed by atoms with van der Waals surface area (Å²) in [7, 11) is 0. The highest BCUT2D eigenvalue weighted by Gasteiger charge is 2.19. The van der Waals surface area contributed by atoms with Gasteiger partial charge >= 0.3 is 0 Å². The van der Waals surface area contributed by atoms with Crippen LogP contribution in [0.25, 0.3) is 0 Å². The van der Waals surface area contributed by atoms with E-state index in [1.807, 2.05) is 24.0 Å². The van der Waals surface area contributed by atoms with Crippen LogP contribution in [0, 0.1) is 6.92 Å². The molecule has 1 aromatic rings. The number of amides is 1. The Kier molecular flexibility index (Phi) is 3.64. The summed E-state index contributed by atoms with van der Waals surface area (Å²) >= 11 is 0. The van der Waals surface area contributed by atoms with Crippen molar-refractivity contribution < 1.29 is 9.53 Å². The van der Waals surface area contributed by atoms with Gasteiger partial charge < -0.3 is 15.4 Å². The van der Waals surface area contributed by atoms with E-state index in [4.69, 9.17) is 10.5 Å². The molecule has 1 aromatic carbocycles. The van der Waals surface area contributed by atoms with Crippen molar-refractivity contribution in [2.24, 2.45) is 0 Å². The molecule has 1 aliphatic heterocycles. The molecule has 0 atom stereocenters. The number of carbonyl (C=O) groups excluding carboxylic acids is 1. The molecule has 1 aliphatic rings. The Morgan fingerprint density at radius 2 is 2.18 bits per heavy atom. The first-order chi connectivity index (χ1) is 8.18. The molecule has 1 amide bonds. The largest absolute Gasteiger partial charge is 0.399 e. The van der Waals surface area contributed by atoms with Crippen molar-refractivity contribution in [1.29, 1.82) is 0 Å². The number of aryl methyl sites for hydroxylation is 1. The van der Waals surface area contributed by atoms with E-state index < -0.39 is 0 Å². The average Bonchev–Trinajstić information content (AvgIpc) is 2.60. The first-order valence-electron chi connectivity index (χ1n) is 5.91. The number of ether oxygens (including phenoxy) is 1. The second kappa shape index (κ2) is 5.19. The van der Waals surface area contributed by atoms with E-state index in [0.717, 1.165) is 25.1 Å². The lowest BCUT2D eigenvalue weighted by atomic mass is 10.1. The first-order valence-corrected chi connectivity index (χ1v) is 5.91. The van der Waals surface area contributed by atoms with Gasteiger partial charge in [0.1, 0.15) is 0 Å². The number of hydrogen-bond donors (Lipinski definition) is 1. The Bertz CT molecular complexity index is 410. The summed E-state index contributed by atoms with van der Waals surface area (Å²) in [6.45, 7) is 4.70. The lowest BCUT2D eigenvalue weighted by Crippen LogP contribution is -2.33. The van der Waals surface area contributed by atoms with Crippen LogP contribution in [0.3, 0.4) is 0 Å². The van der Waals surface area contributed by atoms with Crippen LogP contribution >= 0.6 is 0 Å². The fourth-order valence-electron chi connectivity index (χ4n) is 1.99. The molecule has 1 heterocycles. The molecule has 2 N–H and O–H groups in total. The summed E-state index contributed by atoms with van der Waals surface area (Å²) in [4.78, 5) is 14.2. The minimum Gasteiger partial charge on any atom is -0.399 e. The number of nitrogens with zero attached hydrogens (tertiary/aromatic N) is 1. The zero-order valence-corrected chi connectivity index (χ0v) is 10.1. The van der Waals surface area contributed by atoms with Gasteiger partial charge in [-0.2, -0.15) is 0 Å². The number of hydrogen-bond acceptors (Lipinski definition) is 3. The topological polar surface area (TPSA) is 55.6 Å². The second-order valence-corrected chi connectivity index (χ2v) is 4.33. The Balaban J connectivity index is 2.20. The van der Waals surface area contributed by atoms with E-state index in [1.54, 1.807) is 6.07 Å². The summed E-state index contributed by atoms with van der Waals surface area (Å²) in [6, 6.07) is 5.46. The third kappa shape index (κ3) is 2.77. The molecule has 4 heteroatoms. The highest BCUT2D eigenvalue weighted by Crippen LogP contribution is 2.16. The predicted molar refractivity (Wildman–Crippen MR) is 66.9 cm³/mol. The molecule has 0 radical (unpaired) electrons. The van der Waals surface area contributed by atoms with Gasteiger partial charge in [-0.25, -0.2) is 0 Å². The fourth-order valence-corrected chi connectivity index (χ4v) is 1.99. The number of benzene rings is 1. The van der Waals surface area contributed by atoms with Crippen molar-refractivity contribution in [3.05, 3.63) is 29.3 Å². The number of nitrogens with two attached hydrogens (primary N) is 1. The second-order valence-electron chi connectivity index (χ2n) is 4.33. The van der Waals surface area contributed by atoms with Gasteiger partial charge in [-0.1, -0.05) is 6.07 Å². The van der Waals surface area contributed by atoms with Crippen LogP contribution in [-0.4, -0.2) is 37.1 Å². The third-order valence-corrected chi connectivity index (χ3v) is 3.00. The summed E-state index contributed by atoms with van der Waals surface area (Å²) in [5.41, 5.74) is 8.03. The summed E-state index contributed by atoms with van der Waals surface area (Å²) in [5.74, 6) is 0.0558. The normalized spacial score (nSPS) is 16.6. The molecule has 0 bridgehead atoms. The summed E-state index contributed by atoms with van der Waals surface area (Å²) < 4.78 is 5.35. The minimum atomic E-state index is 0.0558. The number of carbonyl (C=O) groups is 1. The van der Waals surface area contributed by atoms with Gasteiger partial charge in [0, 0.05) is 30.9 Å². The van der Waals surface area contributed by atoms with Crippen molar-refractivity contribution >= 4 is 11.6 Å². The van der Waals surface area contributed by atoms with Gasteiger partial charge in [0.2, 0.25) is 0 Å². The smallest absolute Gasteiger partial charge is 0.254 e. The van der Waals surface area contributed by atoms with Gasteiger partial charge in [-0.3, -0.25) is 4.79 Å². The van der Waals surface area contributed by atoms with E-state index in [-0.39, 0.29) is 5.91 Å². The molecule has 1 fully saturated rings. The zero-order valence-electron chi connectivity index (χ0n) is 10.1.